The first-order valence-electron chi connectivity index (χ1n) is 7.35. The van der Waals surface area contributed by atoms with Gasteiger partial charge in [0.25, 0.3) is 0 Å². The topological polar surface area (TPSA) is 69.6 Å². The number of hydrogen-bond acceptors (Lipinski definition) is 2. The normalized spacial score (nSPS) is 21.7. The van der Waals surface area contributed by atoms with E-state index in [2.05, 4.69) is 5.32 Å². The lowest BCUT2D eigenvalue weighted by molar-refractivity contribution is -0.124. The fraction of sp³-hybridized carbons (Fsp3) is 0.500. The summed E-state index contributed by atoms with van der Waals surface area (Å²) in [4.78, 5) is 24.6. The minimum absolute atomic E-state index is 0.0281. The summed E-state index contributed by atoms with van der Waals surface area (Å²) in [6.45, 7) is 5.21. The van der Waals surface area contributed by atoms with Crippen molar-refractivity contribution in [2.75, 3.05) is 6.54 Å². The maximum absolute atomic E-state index is 14.2. The van der Waals surface area contributed by atoms with E-state index in [1.165, 1.54) is 4.90 Å². The second-order valence-corrected chi connectivity index (χ2v) is 6.67. The zero-order valence-electron chi connectivity index (χ0n) is 13.3. The third-order valence-corrected chi connectivity index (χ3v) is 4.00. The molecule has 1 aliphatic heterocycles. The highest BCUT2D eigenvalue weighted by Crippen LogP contribution is 2.34. The van der Waals surface area contributed by atoms with Gasteiger partial charge in [-0.05, 0) is 44.5 Å². The number of rotatable bonds is 2. The first-order valence-corrected chi connectivity index (χ1v) is 7.35. The Morgan fingerprint density at radius 1 is 1.35 bits per heavy atom. The predicted molar refractivity (Wildman–Crippen MR) is 80.1 cm³/mol. The van der Waals surface area contributed by atoms with E-state index in [1.807, 2.05) is 0 Å². The third-order valence-electron chi connectivity index (χ3n) is 4.00. The van der Waals surface area contributed by atoms with Crippen molar-refractivity contribution in [1.29, 1.82) is 0 Å². The van der Waals surface area contributed by atoms with Crippen molar-refractivity contribution in [1.82, 2.24) is 10.2 Å². The number of carbonyl (C=O) groups excluding carboxylic acids is 1. The lowest BCUT2D eigenvalue weighted by Gasteiger charge is -2.45. The van der Waals surface area contributed by atoms with Crippen LogP contribution in [0.15, 0.2) is 18.2 Å². The monoisotopic (exact) mass is 326 g/mol. The largest absolute Gasteiger partial charge is 0.465 e. The lowest BCUT2D eigenvalue weighted by atomic mass is 9.83. The zero-order valence-corrected chi connectivity index (χ0v) is 13.3. The molecule has 23 heavy (non-hydrogen) atoms. The maximum atomic E-state index is 14.2. The maximum Gasteiger partial charge on any atom is 0.408 e. The van der Waals surface area contributed by atoms with Gasteiger partial charge in [0.15, 0.2) is 0 Å². The molecule has 0 spiro atoms. The average Bonchev–Trinajstić information content (AvgIpc) is 2.41. The molecule has 2 amide bonds. The van der Waals surface area contributed by atoms with E-state index < -0.39 is 35.2 Å². The Balaban J connectivity index is 2.49. The molecule has 0 aromatic heterocycles. The molecule has 0 saturated carbocycles. The Hall–Kier alpha value is -2.18. The Morgan fingerprint density at radius 2 is 2.00 bits per heavy atom. The van der Waals surface area contributed by atoms with Crippen LogP contribution < -0.4 is 5.32 Å². The molecule has 1 aromatic rings. The molecule has 7 heteroatoms. The van der Waals surface area contributed by atoms with Crippen molar-refractivity contribution in [3.05, 3.63) is 35.4 Å². The van der Waals surface area contributed by atoms with E-state index in [0.717, 1.165) is 18.2 Å². The number of carboxylic acid groups (broad SMARTS) is 1. The molecule has 1 aliphatic rings. The Kier molecular flexibility index (Phi) is 4.58. The van der Waals surface area contributed by atoms with Gasteiger partial charge >= 0.3 is 6.09 Å². The minimum atomic E-state index is -1.17. The molecule has 0 bridgehead atoms. The van der Waals surface area contributed by atoms with Crippen LogP contribution in [0.1, 0.15) is 38.7 Å². The van der Waals surface area contributed by atoms with Crippen LogP contribution in [0.5, 0.6) is 0 Å². The fourth-order valence-electron chi connectivity index (χ4n) is 3.08. The molecule has 126 valence electrons. The van der Waals surface area contributed by atoms with Gasteiger partial charge in [-0.2, -0.15) is 0 Å². The van der Waals surface area contributed by atoms with E-state index in [4.69, 9.17) is 0 Å². The van der Waals surface area contributed by atoms with Crippen molar-refractivity contribution in [3.8, 4) is 0 Å². The van der Waals surface area contributed by atoms with Crippen molar-refractivity contribution in [2.45, 2.75) is 44.7 Å². The predicted octanol–water partition coefficient (Wildman–Crippen LogP) is 2.72. The Morgan fingerprint density at radius 3 is 2.57 bits per heavy atom. The number of amides is 2. The standard InChI is InChI=1S/C16H20F2N2O3/c1-16(2,3)20(15(22)23)13-8-19-14(21)7-11(13)10-6-9(17)4-5-12(10)18/h4-6,11,13H,7-8H2,1-3H3,(H,19,21)(H,22,23)/t11-,13+/m1/s1. The summed E-state index contributed by atoms with van der Waals surface area (Å²) < 4.78 is 27.7. The number of hydrogen-bond donors (Lipinski definition) is 2. The molecular formula is C16H20F2N2O3. The van der Waals surface area contributed by atoms with Crippen LogP contribution >= 0.6 is 0 Å². The molecule has 2 N–H and O–H groups in total. The van der Waals surface area contributed by atoms with Gasteiger partial charge in [-0.25, -0.2) is 13.6 Å². The van der Waals surface area contributed by atoms with Gasteiger partial charge in [-0.3, -0.25) is 9.69 Å². The van der Waals surface area contributed by atoms with Crippen LogP contribution in [0.3, 0.4) is 0 Å². The minimum Gasteiger partial charge on any atom is -0.465 e. The summed E-state index contributed by atoms with van der Waals surface area (Å²) in [5.41, 5.74) is -0.721. The zero-order chi connectivity index (χ0) is 17.4. The van der Waals surface area contributed by atoms with E-state index in [-0.39, 0.29) is 24.4 Å². The highest BCUT2D eigenvalue weighted by molar-refractivity contribution is 5.79. The van der Waals surface area contributed by atoms with Gasteiger partial charge in [0.2, 0.25) is 5.91 Å². The Labute approximate surface area is 133 Å². The molecular weight excluding hydrogens is 306 g/mol. The number of halogens is 2. The molecule has 2 rings (SSSR count). The summed E-state index contributed by atoms with van der Waals surface area (Å²) >= 11 is 0. The molecule has 1 aromatic carbocycles. The summed E-state index contributed by atoms with van der Waals surface area (Å²) in [6.07, 6.45) is -1.26. The molecule has 2 atom stereocenters. The number of nitrogens with zero attached hydrogens (tertiary/aromatic N) is 1. The SMILES string of the molecule is CC(C)(C)N(C(=O)O)[C@H]1CNC(=O)C[C@@H]1c1cc(F)ccc1F. The first-order chi connectivity index (χ1) is 10.6. The van der Waals surface area contributed by atoms with Crippen molar-refractivity contribution >= 4 is 12.0 Å². The van der Waals surface area contributed by atoms with Gasteiger partial charge in [0.1, 0.15) is 11.6 Å². The summed E-state index contributed by atoms with van der Waals surface area (Å²) in [7, 11) is 0. The summed E-state index contributed by atoms with van der Waals surface area (Å²) in [5.74, 6) is -2.32. The van der Waals surface area contributed by atoms with Crippen LogP contribution in [0.25, 0.3) is 0 Å². The number of carbonyl (C=O) groups is 2. The van der Waals surface area contributed by atoms with Crippen LogP contribution in [0.2, 0.25) is 0 Å². The van der Waals surface area contributed by atoms with Gasteiger partial charge < -0.3 is 10.4 Å². The summed E-state index contributed by atoms with van der Waals surface area (Å²) in [6, 6.07) is 2.35. The van der Waals surface area contributed by atoms with Crippen molar-refractivity contribution in [2.24, 2.45) is 0 Å². The molecule has 0 aliphatic carbocycles. The van der Waals surface area contributed by atoms with E-state index in [0.29, 0.717) is 0 Å². The first kappa shape index (κ1) is 17.2. The number of benzene rings is 1. The van der Waals surface area contributed by atoms with Gasteiger partial charge in [-0.1, -0.05) is 0 Å². The highest BCUT2D eigenvalue weighted by Gasteiger charge is 2.42. The summed E-state index contributed by atoms with van der Waals surface area (Å²) in [5, 5.41) is 12.2. The number of nitrogens with one attached hydrogen (secondary N) is 1. The Bertz CT molecular complexity index is 628. The van der Waals surface area contributed by atoms with E-state index >= 15 is 0 Å². The molecule has 1 saturated heterocycles. The van der Waals surface area contributed by atoms with Crippen LogP contribution in [0, 0.1) is 11.6 Å². The molecule has 1 heterocycles. The fourth-order valence-corrected chi connectivity index (χ4v) is 3.08. The van der Waals surface area contributed by atoms with Gasteiger partial charge in [0, 0.05) is 24.4 Å². The highest BCUT2D eigenvalue weighted by atomic mass is 19.1. The van der Waals surface area contributed by atoms with Crippen LogP contribution in [0.4, 0.5) is 13.6 Å². The smallest absolute Gasteiger partial charge is 0.408 e. The van der Waals surface area contributed by atoms with Crippen molar-refractivity contribution in [3.63, 3.8) is 0 Å². The molecule has 1 fully saturated rings. The quantitative estimate of drug-likeness (QED) is 0.878. The van der Waals surface area contributed by atoms with E-state index in [9.17, 15) is 23.5 Å². The van der Waals surface area contributed by atoms with Crippen molar-refractivity contribution < 1.29 is 23.5 Å². The van der Waals surface area contributed by atoms with Gasteiger partial charge in [-0.15, -0.1) is 0 Å². The molecule has 0 radical (unpaired) electrons. The van der Waals surface area contributed by atoms with Gasteiger partial charge in [0.05, 0.1) is 6.04 Å². The molecule has 0 unspecified atom stereocenters. The van der Waals surface area contributed by atoms with E-state index in [1.54, 1.807) is 20.8 Å². The third kappa shape index (κ3) is 3.60. The van der Waals surface area contributed by atoms with Crippen LogP contribution in [-0.4, -0.2) is 40.1 Å². The second-order valence-electron chi connectivity index (χ2n) is 6.67. The molecule has 5 nitrogen and oxygen atoms in total. The second kappa shape index (κ2) is 6.14. The average molecular weight is 326 g/mol. The lowest BCUT2D eigenvalue weighted by Crippen LogP contribution is -2.59. The van der Waals surface area contributed by atoms with Crippen LogP contribution in [-0.2, 0) is 4.79 Å². The number of piperidine rings is 1.